The normalized spacial score (nSPS) is 10.9. The van der Waals surface area contributed by atoms with Gasteiger partial charge >= 0.3 is 0 Å². The number of halogens is 1. The number of hydrogen-bond donors (Lipinski definition) is 0. The summed E-state index contributed by atoms with van der Waals surface area (Å²) in [6.07, 6.45) is 1.58. The fraction of sp³-hybridized carbons (Fsp3) is 0.0833. The third-order valence-corrected chi connectivity index (χ3v) is 4.80. The molecule has 0 spiro atoms. The number of pyridine rings is 1. The molecule has 0 aliphatic heterocycles. The van der Waals surface area contributed by atoms with Crippen LogP contribution in [0.15, 0.2) is 83.8 Å². The molecule has 1 heterocycles. The molecule has 4 heteroatoms. The highest BCUT2D eigenvalue weighted by Gasteiger charge is 2.17. The zero-order chi connectivity index (χ0) is 19.7. The fourth-order valence-corrected chi connectivity index (χ4v) is 3.30. The minimum atomic E-state index is -0.504. The molecule has 0 unspecified atom stereocenters. The number of benzene rings is 3. The van der Waals surface area contributed by atoms with Gasteiger partial charge in [-0.3, -0.25) is 9.59 Å². The highest BCUT2D eigenvalue weighted by Crippen LogP contribution is 2.18. The van der Waals surface area contributed by atoms with Crippen LogP contribution >= 0.6 is 0 Å². The molecule has 0 radical (unpaired) electrons. The molecule has 1 aromatic heterocycles. The topological polar surface area (TPSA) is 39.1 Å². The molecule has 0 saturated heterocycles. The van der Waals surface area contributed by atoms with E-state index in [-0.39, 0.29) is 16.7 Å². The SMILES string of the molecule is Cc1ccc(Cn2cc(C(=O)c3ccccc3)c(=O)c3cc(F)ccc32)cc1. The Morgan fingerprint density at radius 2 is 1.68 bits per heavy atom. The third-order valence-electron chi connectivity index (χ3n) is 4.80. The lowest BCUT2D eigenvalue weighted by Gasteiger charge is -2.14. The van der Waals surface area contributed by atoms with E-state index in [0.717, 1.165) is 11.1 Å². The Bertz CT molecular complexity index is 1230. The van der Waals surface area contributed by atoms with E-state index in [4.69, 9.17) is 0 Å². The molecule has 4 aromatic rings. The Morgan fingerprint density at radius 1 is 0.964 bits per heavy atom. The first kappa shape index (κ1) is 17.9. The van der Waals surface area contributed by atoms with Crippen molar-refractivity contribution in [1.29, 1.82) is 0 Å². The van der Waals surface area contributed by atoms with E-state index in [2.05, 4.69) is 0 Å². The van der Waals surface area contributed by atoms with Crippen molar-refractivity contribution in [2.75, 3.05) is 0 Å². The van der Waals surface area contributed by atoms with Crippen LogP contribution in [0.2, 0.25) is 0 Å². The van der Waals surface area contributed by atoms with E-state index in [1.54, 1.807) is 36.5 Å². The highest BCUT2D eigenvalue weighted by atomic mass is 19.1. The standard InChI is InChI=1S/C24H18FNO2/c1-16-7-9-17(10-8-16)14-26-15-21(23(27)18-5-3-2-4-6-18)24(28)20-13-19(25)11-12-22(20)26/h2-13,15H,14H2,1H3. The second-order valence-corrected chi connectivity index (χ2v) is 6.84. The van der Waals surface area contributed by atoms with Crippen molar-refractivity contribution in [2.24, 2.45) is 0 Å². The van der Waals surface area contributed by atoms with Crippen LogP contribution in [0.25, 0.3) is 10.9 Å². The molecule has 0 aliphatic carbocycles. The van der Waals surface area contributed by atoms with Gasteiger partial charge in [0.2, 0.25) is 5.43 Å². The van der Waals surface area contributed by atoms with E-state index in [1.807, 2.05) is 41.8 Å². The van der Waals surface area contributed by atoms with E-state index in [0.29, 0.717) is 17.6 Å². The second kappa shape index (κ2) is 7.24. The third kappa shape index (κ3) is 3.37. The zero-order valence-electron chi connectivity index (χ0n) is 15.4. The Kier molecular flexibility index (Phi) is 4.62. The Morgan fingerprint density at radius 3 is 2.39 bits per heavy atom. The monoisotopic (exact) mass is 371 g/mol. The average Bonchev–Trinajstić information content (AvgIpc) is 2.72. The summed E-state index contributed by atoms with van der Waals surface area (Å²) in [5.41, 5.74) is 2.78. The lowest BCUT2D eigenvalue weighted by Crippen LogP contribution is -2.20. The van der Waals surface area contributed by atoms with Crippen LogP contribution in [0, 0.1) is 12.7 Å². The first-order valence-corrected chi connectivity index (χ1v) is 9.01. The van der Waals surface area contributed by atoms with Gasteiger partial charge in [0.15, 0.2) is 5.78 Å². The number of fused-ring (bicyclic) bond motifs is 1. The van der Waals surface area contributed by atoms with E-state index in [1.165, 1.54) is 12.1 Å². The molecule has 0 aliphatic rings. The van der Waals surface area contributed by atoms with Crippen LogP contribution in [0.5, 0.6) is 0 Å². The summed E-state index contributed by atoms with van der Waals surface area (Å²) in [6, 6.07) is 20.8. The van der Waals surface area contributed by atoms with E-state index >= 15 is 0 Å². The van der Waals surface area contributed by atoms with Gasteiger partial charge in [0.05, 0.1) is 11.1 Å². The van der Waals surface area contributed by atoms with E-state index < -0.39 is 11.2 Å². The van der Waals surface area contributed by atoms with Crippen molar-refractivity contribution in [3.8, 4) is 0 Å². The molecule has 0 fully saturated rings. The largest absolute Gasteiger partial charge is 0.342 e. The van der Waals surface area contributed by atoms with Crippen molar-refractivity contribution < 1.29 is 9.18 Å². The minimum Gasteiger partial charge on any atom is -0.342 e. The summed E-state index contributed by atoms with van der Waals surface area (Å²) in [5.74, 6) is -0.870. The molecular weight excluding hydrogens is 353 g/mol. The smallest absolute Gasteiger partial charge is 0.200 e. The molecule has 28 heavy (non-hydrogen) atoms. The molecule has 3 nitrogen and oxygen atoms in total. The molecule has 0 bridgehead atoms. The van der Waals surface area contributed by atoms with Crippen molar-refractivity contribution >= 4 is 16.7 Å². The average molecular weight is 371 g/mol. The summed E-state index contributed by atoms with van der Waals surface area (Å²) >= 11 is 0. The maximum Gasteiger partial charge on any atom is 0.200 e. The number of rotatable bonds is 4. The Hall–Kier alpha value is -3.53. The fourth-order valence-electron chi connectivity index (χ4n) is 3.30. The lowest BCUT2D eigenvalue weighted by molar-refractivity contribution is 0.103. The van der Waals surface area contributed by atoms with Crippen molar-refractivity contribution in [1.82, 2.24) is 4.57 Å². The van der Waals surface area contributed by atoms with Crippen LogP contribution in [-0.2, 0) is 6.54 Å². The molecule has 138 valence electrons. The number of aromatic nitrogens is 1. The van der Waals surface area contributed by atoms with Crippen LogP contribution in [0.1, 0.15) is 27.0 Å². The highest BCUT2D eigenvalue weighted by molar-refractivity contribution is 6.10. The lowest BCUT2D eigenvalue weighted by atomic mass is 10.0. The molecule has 0 N–H and O–H groups in total. The Labute approximate surface area is 161 Å². The summed E-state index contributed by atoms with van der Waals surface area (Å²) in [7, 11) is 0. The quantitative estimate of drug-likeness (QED) is 0.487. The number of hydrogen-bond acceptors (Lipinski definition) is 2. The molecule has 0 saturated carbocycles. The molecular formula is C24H18FNO2. The maximum atomic E-state index is 13.8. The van der Waals surface area contributed by atoms with Crippen molar-refractivity contribution in [3.05, 3.63) is 117 Å². The molecule has 4 rings (SSSR count). The Balaban J connectivity index is 1.91. The van der Waals surface area contributed by atoms with Crippen LogP contribution in [-0.4, -0.2) is 10.4 Å². The predicted molar refractivity (Wildman–Crippen MR) is 108 cm³/mol. The van der Waals surface area contributed by atoms with Crippen molar-refractivity contribution in [2.45, 2.75) is 13.5 Å². The van der Waals surface area contributed by atoms with Gasteiger partial charge < -0.3 is 4.57 Å². The summed E-state index contributed by atoms with van der Waals surface area (Å²) in [5, 5.41) is 0.203. The van der Waals surface area contributed by atoms with Gasteiger partial charge in [0.25, 0.3) is 0 Å². The molecule has 0 amide bonds. The number of carbonyl (C=O) groups is 1. The van der Waals surface area contributed by atoms with Gasteiger partial charge in [-0.2, -0.15) is 0 Å². The van der Waals surface area contributed by atoms with Gasteiger partial charge in [0, 0.05) is 23.7 Å². The van der Waals surface area contributed by atoms with E-state index in [9.17, 15) is 14.0 Å². The van der Waals surface area contributed by atoms with Gasteiger partial charge in [-0.15, -0.1) is 0 Å². The van der Waals surface area contributed by atoms with Crippen LogP contribution in [0.4, 0.5) is 4.39 Å². The molecule has 0 atom stereocenters. The number of carbonyl (C=O) groups excluding carboxylic acids is 1. The zero-order valence-corrected chi connectivity index (χ0v) is 15.4. The summed E-state index contributed by atoms with van der Waals surface area (Å²) in [6.45, 7) is 2.48. The minimum absolute atomic E-state index is 0.0383. The first-order valence-electron chi connectivity index (χ1n) is 9.01. The summed E-state index contributed by atoms with van der Waals surface area (Å²) in [4.78, 5) is 25.9. The maximum absolute atomic E-state index is 13.8. The number of nitrogens with zero attached hydrogens (tertiary/aromatic N) is 1. The second-order valence-electron chi connectivity index (χ2n) is 6.84. The van der Waals surface area contributed by atoms with Crippen molar-refractivity contribution in [3.63, 3.8) is 0 Å². The predicted octanol–water partition coefficient (Wildman–Crippen LogP) is 4.73. The van der Waals surface area contributed by atoms with Gasteiger partial charge in [0.1, 0.15) is 5.82 Å². The van der Waals surface area contributed by atoms with Crippen LogP contribution < -0.4 is 5.43 Å². The first-order chi connectivity index (χ1) is 13.5. The van der Waals surface area contributed by atoms with Gasteiger partial charge in [-0.1, -0.05) is 60.2 Å². The van der Waals surface area contributed by atoms with Crippen LogP contribution in [0.3, 0.4) is 0 Å². The summed E-state index contributed by atoms with van der Waals surface area (Å²) < 4.78 is 15.7. The molecule has 3 aromatic carbocycles. The van der Waals surface area contributed by atoms with Gasteiger partial charge in [-0.25, -0.2) is 4.39 Å². The number of aryl methyl sites for hydroxylation is 1. The number of ketones is 1. The van der Waals surface area contributed by atoms with Gasteiger partial charge in [-0.05, 0) is 30.7 Å².